The lowest BCUT2D eigenvalue weighted by Crippen LogP contribution is -2.40. The van der Waals surface area contributed by atoms with Crippen LogP contribution in [0.2, 0.25) is 0 Å². The molecule has 0 atom stereocenters. The first-order chi connectivity index (χ1) is 14.1. The molecule has 0 aromatic heterocycles. The van der Waals surface area contributed by atoms with Crippen LogP contribution in [-0.4, -0.2) is 35.9 Å². The van der Waals surface area contributed by atoms with Gasteiger partial charge >= 0.3 is 6.03 Å². The number of methoxy groups -OCH3 is 1. The molecule has 0 bridgehead atoms. The Bertz CT molecular complexity index is 966. The van der Waals surface area contributed by atoms with E-state index in [0.29, 0.717) is 28.3 Å². The molecule has 2 aromatic rings. The van der Waals surface area contributed by atoms with Gasteiger partial charge in [-0.2, -0.15) is 0 Å². The number of ether oxygens (including phenoxy) is 1. The van der Waals surface area contributed by atoms with E-state index >= 15 is 0 Å². The van der Waals surface area contributed by atoms with Crippen LogP contribution in [0.5, 0.6) is 5.75 Å². The van der Waals surface area contributed by atoms with Gasteiger partial charge in [0.15, 0.2) is 0 Å². The van der Waals surface area contributed by atoms with Crippen molar-refractivity contribution in [2.45, 2.75) is 38.1 Å². The van der Waals surface area contributed by atoms with Crippen molar-refractivity contribution in [3.63, 3.8) is 0 Å². The maximum absolute atomic E-state index is 12.9. The zero-order chi connectivity index (χ0) is 20.4. The topological polar surface area (TPSA) is 87.7 Å². The molecule has 150 valence electrons. The van der Waals surface area contributed by atoms with E-state index in [1.807, 2.05) is 6.07 Å². The molecule has 0 saturated heterocycles. The number of para-hydroxylation sites is 2. The smallest absolute Gasteiger partial charge is 0.323 e. The third-order valence-corrected chi connectivity index (χ3v) is 5.47. The monoisotopic (exact) mass is 393 g/mol. The van der Waals surface area contributed by atoms with E-state index in [4.69, 9.17) is 4.74 Å². The van der Waals surface area contributed by atoms with Crippen LogP contribution in [0.3, 0.4) is 0 Å². The van der Waals surface area contributed by atoms with E-state index in [1.54, 1.807) is 36.4 Å². The predicted octanol–water partition coefficient (Wildman–Crippen LogP) is 4.27. The molecule has 0 unspecified atom stereocenters. The van der Waals surface area contributed by atoms with Gasteiger partial charge in [-0.1, -0.05) is 31.4 Å². The molecule has 7 nitrogen and oxygen atoms in total. The number of urea groups is 1. The van der Waals surface area contributed by atoms with Crippen LogP contribution in [0, 0.1) is 0 Å². The van der Waals surface area contributed by atoms with Crippen molar-refractivity contribution in [1.29, 1.82) is 0 Å². The highest BCUT2D eigenvalue weighted by atomic mass is 16.5. The molecule has 4 rings (SSSR count). The number of nitrogens with zero attached hydrogens (tertiary/aromatic N) is 1. The van der Waals surface area contributed by atoms with Crippen LogP contribution in [0.1, 0.15) is 52.8 Å². The number of anilines is 2. The summed E-state index contributed by atoms with van der Waals surface area (Å²) in [6.45, 7) is 0. The minimum Gasteiger partial charge on any atom is -0.495 e. The van der Waals surface area contributed by atoms with Crippen molar-refractivity contribution in [1.82, 2.24) is 4.90 Å². The zero-order valence-electron chi connectivity index (χ0n) is 16.2. The Morgan fingerprint density at radius 2 is 1.69 bits per heavy atom. The highest BCUT2D eigenvalue weighted by Gasteiger charge is 2.40. The summed E-state index contributed by atoms with van der Waals surface area (Å²) in [6.07, 6.45) is 4.94. The molecular formula is C22H23N3O4. The molecule has 0 radical (unpaired) electrons. The first-order valence-electron chi connectivity index (χ1n) is 9.81. The van der Waals surface area contributed by atoms with Crippen LogP contribution >= 0.6 is 0 Å². The maximum atomic E-state index is 12.9. The Kier molecular flexibility index (Phi) is 5.20. The lowest BCUT2D eigenvalue weighted by molar-refractivity contribution is 0.0549. The Morgan fingerprint density at radius 3 is 2.45 bits per heavy atom. The van der Waals surface area contributed by atoms with Gasteiger partial charge in [0.2, 0.25) is 0 Å². The number of hydrogen-bond acceptors (Lipinski definition) is 4. The van der Waals surface area contributed by atoms with Crippen molar-refractivity contribution >= 4 is 29.2 Å². The van der Waals surface area contributed by atoms with E-state index in [9.17, 15) is 14.4 Å². The Balaban J connectivity index is 1.49. The van der Waals surface area contributed by atoms with E-state index in [-0.39, 0.29) is 17.9 Å². The van der Waals surface area contributed by atoms with E-state index in [2.05, 4.69) is 10.6 Å². The fourth-order valence-corrected chi connectivity index (χ4v) is 4.04. The fourth-order valence-electron chi connectivity index (χ4n) is 4.04. The number of benzene rings is 2. The molecule has 2 N–H and O–H groups in total. The average molecular weight is 393 g/mol. The van der Waals surface area contributed by atoms with Gasteiger partial charge in [0.1, 0.15) is 5.75 Å². The first kappa shape index (κ1) is 19.0. The lowest BCUT2D eigenvalue weighted by Gasteiger charge is -2.29. The third kappa shape index (κ3) is 3.68. The van der Waals surface area contributed by atoms with E-state index in [1.165, 1.54) is 12.0 Å². The van der Waals surface area contributed by atoms with Gasteiger partial charge in [0.05, 0.1) is 23.9 Å². The van der Waals surface area contributed by atoms with Crippen LogP contribution in [0.25, 0.3) is 0 Å². The van der Waals surface area contributed by atoms with Gasteiger partial charge in [0, 0.05) is 11.7 Å². The summed E-state index contributed by atoms with van der Waals surface area (Å²) < 4.78 is 5.22. The maximum Gasteiger partial charge on any atom is 0.323 e. The van der Waals surface area contributed by atoms with Crippen molar-refractivity contribution in [2.75, 3.05) is 17.7 Å². The molecule has 1 aliphatic heterocycles. The molecule has 2 aliphatic rings. The highest BCUT2D eigenvalue weighted by molar-refractivity contribution is 6.22. The molecular weight excluding hydrogens is 370 g/mol. The minimum atomic E-state index is -0.463. The summed E-state index contributed by atoms with van der Waals surface area (Å²) >= 11 is 0. The molecule has 7 heteroatoms. The van der Waals surface area contributed by atoms with Gasteiger partial charge in [-0.25, -0.2) is 4.79 Å². The molecule has 0 spiro atoms. The number of nitrogens with one attached hydrogen (secondary N) is 2. The zero-order valence-corrected chi connectivity index (χ0v) is 16.2. The van der Waals surface area contributed by atoms with E-state index < -0.39 is 6.03 Å². The van der Waals surface area contributed by atoms with Crippen molar-refractivity contribution in [3.05, 3.63) is 53.6 Å². The quantitative estimate of drug-likeness (QED) is 0.760. The number of amides is 4. The van der Waals surface area contributed by atoms with Crippen molar-refractivity contribution < 1.29 is 19.1 Å². The first-order valence-corrected chi connectivity index (χ1v) is 9.81. The Hall–Kier alpha value is -3.35. The fraction of sp³-hybridized carbons (Fsp3) is 0.318. The summed E-state index contributed by atoms with van der Waals surface area (Å²) in [5.74, 6) is 0.0353. The van der Waals surface area contributed by atoms with Crippen molar-refractivity contribution in [3.8, 4) is 5.75 Å². The van der Waals surface area contributed by atoms with Gasteiger partial charge in [-0.05, 0) is 43.2 Å². The summed E-state index contributed by atoms with van der Waals surface area (Å²) in [5.41, 5.74) is 1.72. The van der Waals surface area contributed by atoms with Gasteiger partial charge < -0.3 is 15.4 Å². The van der Waals surface area contributed by atoms with Crippen LogP contribution in [0.15, 0.2) is 42.5 Å². The van der Waals surface area contributed by atoms with E-state index in [0.717, 1.165) is 32.1 Å². The molecule has 1 saturated carbocycles. The number of imide groups is 1. The average Bonchev–Trinajstić information content (AvgIpc) is 2.99. The van der Waals surface area contributed by atoms with Gasteiger partial charge in [-0.3, -0.25) is 14.5 Å². The number of fused-ring (bicyclic) bond motifs is 1. The lowest BCUT2D eigenvalue weighted by atomic mass is 9.94. The number of rotatable bonds is 4. The summed E-state index contributed by atoms with van der Waals surface area (Å²) in [5, 5.41) is 5.43. The highest BCUT2D eigenvalue weighted by Crippen LogP contribution is 2.32. The van der Waals surface area contributed by atoms with Crippen molar-refractivity contribution in [2.24, 2.45) is 0 Å². The Morgan fingerprint density at radius 1 is 0.966 bits per heavy atom. The summed E-state index contributed by atoms with van der Waals surface area (Å²) in [7, 11) is 1.53. The second-order valence-electron chi connectivity index (χ2n) is 7.31. The normalized spacial score (nSPS) is 16.5. The Labute approximate surface area is 169 Å². The van der Waals surface area contributed by atoms with Gasteiger partial charge in [0.25, 0.3) is 11.8 Å². The minimum absolute atomic E-state index is 0.0265. The second-order valence-corrected chi connectivity index (χ2v) is 7.31. The predicted molar refractivity (Wildman–Crippen MR) is 109 cm³/mol. The summed E-state index contributed by atoms with van der Waals surface area (Å²) in [4.78, 5) is 39.4. The number of hydrogen-bond donors (Lipinski definition) is 2. The van der Waals surface area contributed by atoms with Crippen LogP contribution in [0.4, 0.5) is 16.2 Å². The molecule has 1 fully saturated rings. The molecule has 1 aliphatic carbocycles. The number of carbonyl (C=O) groups excluding carboxylic acids is 3. The molecule has 4 amide bonds. The van der Waals surface area contributed by atoms with Crippen LogP contribution in [-0.2, 0) is 0 Å². The third-order valence-electron chi connectivity index (χ3n) is 5.47. The van der Waals surface area contributed by atoms with Crippen LogP contribution < -0.4 is 15.4 Å². The number of carbonyl (C=O) groups is 3. The SMILES string of the molecule is COc1ccccc1NC(=O)Nc1ccc2c(c1)C(=O)N(C1CCCCC1)C2=O. The second kappa shape index (κ2) is 7.95. The van der Waals surface area contributed by atoms with Gasteiger partial charge in [-0.15, -0.1) is 0 Å². The molecule has 29 heavy (non-hydrogen) atoms. The largest absolute Gasteiger partial charge is 0.495 e. The molecule has 1 heterocycles. The molecule has 2 aromatic carbocycles. The summed E-state index contributed by atoms with van der Waals surface area (Å²) in [6, 6.07) is 11.4. The standard InChI is InChI=1S/C22H23N3O4/c1-29-19-10-6-5-9-18(19)24-22(28)23-14-11-12-16-17(13-14)21(27)25(20(16)26)15-7-3-2-4-8-15/h5-6,9-13,15H,2-4,7-8H2,1H3,(H2,23,24,28).